The van der Waals surface area contributed by atoms with E-state index < -0.39 is 0 Å². The van der Waals surface area contributed by atoms with Crippen molar-refractivity contribution in [1.29, 1.82) is 0 Å². The molecule has 0 saturated heterocycles. The zero-order valence-electron chi connectivity index (χ0n) is 18.6. The van der Waals surface area contributed by atoms with Gasteiger partial charge in [0, 0.05) is 51.8 Å². The van der Waals surface area contributed by atoms with Gasteiger partial charge in [-0.2, -0.15) is 0 Å². The van der Waals surface area contributed by atoms with E-state index in [2.05, 4.69) is 58.4 Å². The molecule has 0 unspecified atom stereocenters. The first-order chi connectivity index (χ1) is 16.8. The van der Waals surface area contributed by atoms with Crippen molar-refractivity contribution in [3.05, 3.63) is 102 Å². The van der Waals surface area contributed by atoms with E-state index in [9.17, 15) is 0 Å². The van der Waals surface area contributed by atoms with Crippen LogP contribution in [0.25, 0.3) is 38.9 Å². The van der Waals surface area contributed by atoms with E-state index >= 15 is 0 Å². The summed E-state index contributed by atoms with van der Waals surface area (Å²) in [6, 6.07) is 12.3. The number of aromatic nitrogens is 6. The van der Waals surface area contributed by atoms with Gasteiger partial charge in [-0.25, -0.2) is 0 Å². The van der Waals surface area contributed by atoms with Crippen molar-refractivity contribution in [1.82, 2.24) is 29.1 Å². The molecule has 35 heavy (non-hydrogen) atoms. The fraction of sp³-hybridized carbons (Fsp3) is 0.148. The van der Waals surface area contributed by atoms with E-state index in [0.717, 1.165) is 65.5 Å². The minimum absolute atomic E-state index is 0. The summed E-state index contributed by atoms with van der Waals surface area (Å²) in [5.74, 6) is 1.85. The average Bonchev–Trinajstić information content (AvgIpc) is 3.57. The molecule has 7 nitrogen and oxygen atoms in total. The summed E-state index contributed by atoms with van der Waals surface area (Å²) in [4.78, 5) is 20.4. The molecule has 0 amide bonds. The van der Waals surface area contributed by atoms with Crippen LogP contribution in [-0.2, 0) is 46.0 Å². The molecule has 2 aliphatic rings. The van der Waals surface area contributed by atoms with E-state index in [0.29, 0.717) is 5.69 Å². The molecule has 0 atom stereocenters. The Labute approximate surface area is 216 Å². The third-order valence-electron chi connectivity index (χ3n) is 6.24. The molecule has 7 rings (SSSR count). The Balaban J connectivity index is 0.000000156. The van der Waals surface area contributed by atoms with Gasteiger partial charge in [-0.15, -0.1) is 17.2 Å². The monoisotopic (exact) mass is 634 g/mol. The number of fused-ring (bicyclic) bond motifs is 6. The van der Waals surface area contributed by atoms with Crippen LogP contribution >= 0.6 is 0 Å². The maximum absolute atomic E-state index is 7.25. The van der Waals surface area contributed by atoms with Crippen LogP contribution in [0, 0.1) is 19.0 Å². The summed E-state index contributed by atoms with van der Waals surface area (Å²) in [5, 5.41) is 0. The van der Waals surface area contributed by atoms with Crippen molar-refractivity contribution >= 4 is 5.69 Å². The number of benzene rings is 1. The molecule has 6 heterocycles. The van der Waals surface area contributed by atoms with Gasteiger partial charge in [0.2, 0.25) is 0 Å². The molecule has 2 aliphatic heterocycles. The number of imidazole rings is 2. The zero-order chi connectivity index (χ0) is 22.9. The van der Waals surface area contributed by atoms with Crippen molar-refractivity contribution in [2.45, 2.75) is 25.9 Å². The number of hydrogen-bond donors (Lipinski definition) is 0. The first-order valence-electron chi connectivity index (χ1n) is 11.1. The molecule has 8 heteroatoms. The third-order valence-corrected chi connectivity index (χ3v) is 6.24. The van der Waals surface area contributed by atoms with E-state index in [1.54, 1.807) is 12.4 Å². The molecule has 0 spiro atoms. The van der Waals surface area contributed by atoms with Gasteiger partial charge in [-0.1, -0.05) is 60.3 Å². The van der Waals surface area contributed by atoms with Crippen LogP contribution in [0.3, 0.4) is 0 Å². The van der Waals surface area contributed by atoms with Gasteiger partial charge in [0.05, 0.1) is 23.9 Å². The Hall–Kier alpha value is -3.92. The predicted octanol–water partition coefficient (Wildman–Crippen LogP) is 4.82. The third kappa shape index (κ3) is 4.10. The molecular weight excluding hydrogens is 615 g/mol. The molecule has 1 radical (unpaired) electrons. The average molecular weight is 634 g/mol. The van der Waals surface area contributed by atoms with Crippen molar-refractivity contribution in [3.8, 4) is 34.0 Å². The smallest absolute Gasteiger partial charge is 0.129 e. The van der Waals surface area contributed by atoms with Crippen molar-refractivity contribution in [3.63, 3.8) is 0 Å². The van der Waals surface area contributed by atoms with Crippen LogP contribution in [0.1, 0.15) is 11.1 Å². The van der Waals surface area contributed by atoms with Crippen molar-refractivity contribution < 1.29 is 20.1 Å². The second-order valence-corrected chi connectivity index (χ2v) is 8.11. The number of nitrogens with zero attached hydrogens (tertiary/aromatic N) is 7. The van der Waals surface area contributed by atoms with Crippen LogP contribution in [0.15, 0.2) is 67.4 Å². The zero-order valence-corrected chi connectivity index (χ0v) is 21.0. The Morgan fingerprint density at radius 2 is 1.71 bits per heavy atom. The summed E-state index contributed by atoms with van der Waals surface area (Å²) in [5.41, 5.74) is 7.08. The maximum Gasteiger partial charge on any atom is 0.129 e. The van der Waals surface area contributed by atoms with E-state index in [1.807, 2.05) is 42.9 Å². The topological polar surface area (TPSA) is 65.8 Å². The summed E-state index contributed by atoms with van der Waals surface area (Å²) in [6.45, 7) is 9.09. The predicted molar refractivity (Wildman–Crippen MR) is 128 cm³/mol. The first kappa shape index (κ1) is 22.9. The number of aryl methyl sites for hydroxylation is 2. The van der Waals surface area contributed by atoms with Gasteiger partial charge in [0.15, 0.2) is 0 Å². The molecule has 0 N–H and O–H groups in total. The Kier molecular flexibility index (Phi) is 6.36. The Morgan fingerprint density at radius 3 is 2.57 bits per heavy atom. The molecule has 1 aromatic carbocycles. The van der Waals surface area contributed by atoms with Crippen LogP contribution < -0.4 is 0 Å². The number of rotatable bonds is 1. The molecule has 5 aromatic rings. The van der Waals surface area contributed by atoms with Gasteiger partial charge in [0.1, 0.15) is 5.69 Å². The first-order valence-corrected chi connectivity index (χ1v) is 11.1. The second kappa shape index (κ2) is 9.75. The van der Waals surface area contributed by atoms with E-state index in [4.69, 9.17) is 6.57 Å². The Bertz CT molecular complexity index is 1530. The molecule has 0 bridgehead atoms. The standard InChI is InChI=1S/C17H11N4.C10H8N3.Ir/c1-18-15-10-19-9-14-13(15)7-8-21-16(11-20-17(14)21)12-5-3-2-4-6-12;1-3-11-7-9-8(1)2-5-13-6-4-12-10(9)13;/h2-6,10-11H,7-8H2;1,3-4,6H,2,5H2;/q2*-1;. The van der Waals surface area contributed by atoms with Crippen molar-refractivity contribution in [2.75, 3.05) is 0 Å². The molecule has 0 aliphatic carbocycles. The van der Waals surface area contributed by atoms with E-state index in [-0.39, 0.29) is 20.1 Å². The van der Waals surface area contributed by atoms with Gasteiger partial charge in [-0.3, -0.25) is 14.8 Å². The molecule has 173 valence electrons. The summed E-state index contributed by atoms with van der Waals surface area (Å²) in [6.07, 6.45) is 17.0. The van der Waals surface area contributed by atoms with Crippen LogP contribution in [0.5, 0.6) is 0 Å². The normalized spacial score (nSPS) is 12.4. The van der Waals surface area contributed by atoms with Crippen LogP contribution in [-0.4, -0.2) is 29.1 Å². The summed E-state index contributed by atoms with van der Waals surface area (Å²) in [7, 11) is 0. The number of hydrogen-bond acceptors (Lipinski definition) is 4. The summed E-state index contributed by atoms with van der Waals surface area (Å²) >= 11 is 0. The Morgan fingerprint density at radius 1 is 0.857 bits per heavy atom. The summed E-state index contributed by atoms with van der Waals surface area (Å²) < 4.78 is 4.32. The van der Waals surface area contributed by atoms with Crippen molar-refractivity contribution in [2.24, 2.45) is 0 Å². The fourth-order valence-corrected chi connectivity index (χ4v) is 4.58. The molecular formula is C27H19IrN7-2. The fourth-order valence-electron chi connectivity index (χ4n) is 4.58. The van der Waals surface area contributed by atoms with Gasteiger partial charge < -0.3 is 19.1 Å². The van der Waals surface area contributed by atoms with Crippen LogP contribution in [0.2, 0.25) is 0 Å². The van der Waals surface area contributed by atoms with Gasteiger partial charge in [-0.05, 0) is 24.4 Å². The van der Waals surface area contributed by atoms with Crippen LogP contribution in [0.4, 0.5) is 5.69 Å². The SMILES string of the molecule is [C-]#[N+]c1cn[c-]c2c1CCn1c(-c3ccccc3)cnc1-2.[Ir].[c-]1nccc2c1-c1nccn1CC2. The van der Waals surface area contributed by atoms with E-state index in [1.165, 1.54) is 5.56 Å². The second-order valence-electron chi connectivity index (χ2n) is 8.11. The number of pyridine rings is 2. The molecule has 0 fully saturated rings. The maximum atomic E-state index is 7.25. The molecule has 4 aromatic heterocycles. The minimum atomic E-state index is 0. The largest absolute Gasteiger partial charge is 0.371 e. The molecule has 0 saturated carbocycles. The van der Waals surface area contributed by atoms with Gasteiger partial charge >= 0.3 is 0 Å². The minimum Gasteiger partial charge on any atom is -0.371 e. The quantitative estimate of drug-likeness (QED) is 0.249. The van der Waals surface area contributed by atoms with Gasteiger partial charge in [0.25, 0.3) is 0 Å².